The highest BCUT2D eigenvalue weighted by molar-refractivity contribution is 5.82. The first-order chi connectivity index (χ1) is 7.83. The smallest absolute Gasteiger partial charge is 0.161 e. The van der Waals surface area contributed by atoms with Crippen molar-refractivity contribution in [3.05, 3.63) is 0 Å². The highest BCUT2D eigenvalue weighted by Gasteiger charge is 2.62. The van der Waals surface area contributed by atoms with E-state index in [4.69, 9.17) is 4.74 Å². The van der Waals surface area contributed by atoms with Gasteiger partial charge in [-0.2, -0.15) is 0 Å². The predicted octanol–water partition coefficient (Wildman–Crippen LogP) is 3.59. The van der Waals surface area contributed by atoms with Gasteiger partial charge in [0.1, 0.15) is 6.10 Å². The van der Waals surface area contributed by atoms with Gasteiger partial charge in [0.2, 0.25) is 0 Å². The molecule has 0 saturated heterocycles. The van der Waals surface area contributed by atoms with Crippen molar-refractivity contribution in [2.24, 2.45) is 16.7 Å². The van der Waals surface area contributed by atoms with Gasteiger partial charge in [-0.3, -0.25) is 4.79 Å². The molecule has 0 aromatic rings. The van der Waals surface area contributed by atoms with Crippen LogP contribution in [0.5, 0.6) is 0 Å². The van der Waals surface area contributed by atoms with Crippen LogP contribution < -0.4 is 0 Å². The van der Waals surface area contributed by atoms with Crippen LogP contribution in [0.3, 0.4) is 0 Å². The van der Waals surface area contributed by atoms with Crippen molar-refractivity contribution in [2.45, 2.75) is 72.5 Å². The summed E-state index contributed by atoms with van der Waals surface area (Å²) in [4.78, 5) is 11.6. The molecule has 4 atom stereocenters. The van der Waals surface area contributed by atoms with E-state index in [1.807, 2.05) is 13.8 Å². The number of ketones is 1. The van der Waals surface area contributed by atoms with Crippen LogP contribution >= 0.6 is 0 Å². The fraction of sp³-hybridized carbons (Fsp3) is 0.933. The summed E-state index contributed by atoms with van der Waals surface area (Å²) in [5, 5.41) is 0. The van der Waals surface area contributed by atoms with E-state index in [0.717, 1.165) is 12.3 Å². The lowest BCUT2D eigenvalue weighted by atomic mass is 9.70. The highest BCUT2D eigenvalue weighted by Crippen LogP contribution is 2.66. The maximum Gasteiger partial charge on any atom is 0.161 e. The zero-order valence-corrected chi connectivity index (χ0v) is 11.9. The van der Waals surface area contributed by atoms with Gasteiger partial charge >= 0.3 is 0 Å². The molecule has 0 N–H and O–H groups in total. The van der Waals surface area contributed by atoms with Gasteiger partial charge in [0.25, 0.3) is 0 Å². The number of rotatable bonds is 4. The first-order valence-electron chi connectivity index (χ1n) is 7.01. The predicted molar refractivity (Wildman–Crippen MR) is 68.9 cm³/mol. The molecule has 0 aromatic carbocycles. The number of carbonyl (C=O) groups excluding carboxylic acids is 1. The van der Waals surface area contributed by atoms with Gasteiger partial charge in [0.15, 0.2) is 5.78 Å². The molecule has 2 heteroatoms. The minimum Gasteiger partial charge on any atom is -0.367 e. The van der Waals surface area contributed by atoms with Gasteiger partial charge in [-0.05, 0) is 42.9 Å². The van der Waals surface area contributed by atoms with Crippen molar-refractivity contribution in [1.29, 1.82) is 0 Å². The quantitative estimate of drug-likeness (QED) is 0.748. The van der Waals surface area contributed by atoms with Gasteiger partial charge in [0, 0.05) is 6.42 Å². The second kappa shape index (κ2) is 4.08. The molecule has 2 rings (SSSR count). The van der Waals surface area contributed by atoms with Crippen molar-refractivity contribution in [3.63, 3.8) is 0 Å². The molecule has 98 valence electrons. The Morgan fingerprint density at radius 1 is 1.41 bits per heavy atom. The minimum atomic E-state index is -0.225. The molecule has 0 aromatic heterocycles. The van der Waals surface area contributed by atoms with Gasteiger partial charge in [-0.25, -0.2) is 0 Å². The Morgan fingerprint density at radius 2 is 2.06 bits per heavy atom. The number of hydrogen-bond acceptors (Lipinski definition) is 2. The van der Waals surface area contributed by atoms with Crippen LogP contribution in [0, 0.1) is 16.7 Å². The van der Waals surface area contributed by atoms with Crippen LogP contribution in [-0.4, -0.2) is 18.0 Å². The molecule has 0 heterocycles. The third-order valence-electron chi connectivity index (χ3n) is 5.88. The first kappa shape index (κ1) is 13.1. The molecular weight excluding hydrogens is 212 g/mol. The number of Topliss-reactive ketones (excluding diaryl/α,β-unsaturated/α-hetero) is 1. The zero-order valence-electron chi connectivity index (χ0n) is 11.9. The monoisotopic (exact) mass is 238 g/mol. The molecule has 0 amide bonds. The third-order valence-corrected chi connectivity index (χ3v) is 5.88. The fourth-order valence-corrected chi connectivity index (χ4v) is 3.95. The second-order valence-corrected chi connectivity index (χ2v) is 6.70. The van der Waals surface area contributed by atoms with E-state index in [2.05, 4.69) is 20.8 Å². The summed E-state index contributed by atoms with van der Waals surface area (Å²) >= 11 is 0. The van der Waals surface area contributed by atoms with Crippen molar-refractivity contribution in [1.82, 2.24) is 0 Å². The lowest BCUT2D eigenvalue weighted by molar-refractivity contribution is -0.140. The van der Waals surface area contributed by atoms with Crippen molar-refractivity contribution >= 4 is 5.78 Å². The molecule has 4 unspecified atom stereocenters. The molecule has 2 saturated carbocycles. The summed E-state index contributed by atoms with van der Waals surface area (Å²) in [6.07, 6.45) is 4.36. The van der Waals surface area contributed by atoms with E-state index in [1.165, 1.54) is 12.8 Å². The number of fused-ring (bicyclic) bond motifs is 2. The second-order valence-electron chi connectivity index (χ2n) is 6.70. The Balaban J connectivity index is 2.08. The van der Waals surface area contributed by atoms with E-state index in [1.54, 1.807) is 0 Å². The number of hydrogen-bond donors (Lipinski definition) is 0. The molecule has 0 spiro atoms. The standard InChI is InChI=1S/C15H26O2/c1-6-12(16)10(2)17-13-9-11-7-8-15(13,5)14(11,3)4/h10-11,13H,6-9H2,1-5H3. The maximum atomic E-state index is 11.6. The topological polar surface area (TPSA) is 26.3 Å². The number of carbonyl (C=O) groups is 1. The van der Waals surface area contributed by atoms with E-state index < -0.39 is 0 Å². The zero-order chi connectivity index (χ0) is 12.8. The Kier molecular flexibility index (Phi) is 3.14. The summed E-state index contributed by atoms with van der Waals surface area (Å²) < 4.78 is 6.09. The Bertz CT molecular complexity index is 321. The minimum absolute atomic E-state index is 0.225. The molecular formula is C15H26O2. The Labute approximate surface area is 105 Å². The van der Waals surface area contributed by atoms with E-state index >= 15 is 0 Å². The maximum absolute atomic E-state index is 11.6. The summed E-state index contributed by atoms with van der Waals surface area (Å²) in [5.74, 6) is 1.01. The van der Waals surface area contributed by atoms with Crippen LogP contribution in [0.4, 0.5) is 0 Å². The Morgan fingerprint density at radius 3 is 2.47 bits per heavy atom. The van der Waals surface area contributed by atoms with Gasteiger partial charge in [-0.1, -0.05) is 27.7 Å². The normalized spacial score (nSPS) is 40.5. The summed E-state index contributed by atoms with van der Waals surface area (Å²) in [5.41, 5.74) is 0.632. The molecule has 2 aliphatic rings. The summed E-state index contributed by atoms with van der Waals surface area (Å²) in [6, 6.07) is 0. The summed E-state index contributed by atoms with van der Waals surface area (Å²) in [6.45, 7) is 10.9. The molecule has 2 nitrogen and oxygen atoms in total. The van der Waals surface area contributed by atoms with E-state index in [-0.39, 0.29) is 23.4 Å². The summed E-state index contributed by atoms with van der Waals surface area (Å²) in [7, 11) is 0. The van der Waals surface area contributed by atoms with Crippen LogP contribution in [0.1, 0.15) is 60.3 Å². The molecule has 0 radical (unpaired) electrons. The highest BCUT2D eigenvalue weighted by atomic mass is 16.5. The Hall–Kier alpha value is -0.370. The first-order valence-corrected chi connectivity index (χ1v) is 7.01. The van der Waals surface area contributed by atoms with Crippen LogP contribution in [-0.2, 0) is 9.53 Å². The SMILES string of the molecule is CCC(=O)C(C)OC1CC2CCC1(C)C2(C)C. The molecule has 0 aliphatic heterocycles. The number of ether oxygens (including phenoxy) is 1. The lowest BCUT2D eigenvalue weighted by Gasteiger charge is -2.39. The molecule has 2 bridgehead atoms. The average Bonchev–Trinajstić information content (AvgIpc) is 2.60. The largest absolute Gasteiger partial charge is 0.367 e. The lowest BCUT2D eigenvalue weighted by Crippen LogP contribution is -2.40. The van der Waals surface area contributed by atoms with Crippen LogP contribution in [0.15, 0.2) is 0 Å². The van der Waals surface area contributed by atoms with Crippen LogP contribution in [0.25, 0.3) is 0 Å². The van der Waals surface area contributed by atoms with Crippen LogP contribution in [0.2, 0.25) is 0 Å². The van der Waals surface area contributed by atoms with E-state index in [0.29, 0.717) is 11.8 Å². The average molecular weight is 238 g/mol. The van der Waals surface area contributed by atoms with Gasteiger partial charge < -0.3 is 4.74 Å². The van der Waals surface area contributed by atoms with Gasteiger partial charge in [-0.15, -0.1) is 0 Å². The molecule has 17 heavy (non-hydrogen) atoms. The van der Waals surface area contributed by atoms with E-state index in [9.17, 15) is 4.79 Å². The fourth-order valence-electron chi connectivity index (χ4n) is 3.95. The van der Waals surface area contributed by atoms with Gasteiger partial charge in [0.05, 0.1) is 6.10 Å². The van der Waals surface area contributed by atoms with Crippen molar-refractivity contribution < 1.29 is 9.53 Å². The van der Waals surface area contributed by atoms with Crippen molar-refractivity contribution in [3.8, 4) is 0 Å². The van der Waals surface area contributed by atoms with Crippen molar-refractivity contribution in [2.75, 3.05) is 0 Å². The molecule has 2 aliphatic carbocycles. The molecule has 2 fully saturated rings. The third kappa shape index (κ3) is 1.76.